The van der Waals surface area contributed by atoms with Crippen molar-refractivity contribution in [2.75, 3.05) is 6.54 Å². The predicted octanol–water partition coefficient (Wildman–Crippen LogP) is 3.10. The lowest BCUT2D eigenvalue weighted by Crippen LogP contribution is -2.36. The van der Waals surface area contributed by atoms with Crippen LogP contribution in [0.5, 0.6) is 5.75 Å². The SMILES string of the molecule is CC(CNC1CC1)(Cc1ccc(O)cc1)C1CC1. The molecule has 3 rings (SSSR count). The third-order valence-corrected chi connectivity index (χ3v) is 4.48. The van der Waals surface area contributed by atoms with Crippen LogP contribution in [0.15, 0.2) is 24.3 Å². The third kappa shape index (κ3) is 2.86. The van der Waals surface area contributed by atoms with Crippen LogP contribution in [0.2, 0.25) is 0 Å². The van der Waals surface area contributed by atoms with Crippen LogP contribution in [0.25, 0.3) is 0 Å². The molecule has 18 heavy (non-hydrogen) atoms. The Bertz CT molecular complexity index is 406. The standard InChI is InChI=1S/C16H23NO/c1-16(13-4-5-13,11-17-14-6-7-14)10-12-2-8-15(18)9-3-12/h2-3,8-9,13-14,17-18H,4-7,10-11H2,1H3. The van der Waals surface area contributed by atoms with Gasteiger partial charge in [0, 0.05) is 12.6 Å². The number of phenolic OH excluding ortho intramolecular Hbond substituents is 1. The molecular formula is C16H23NO. The van der Waals surface area contributed by atoms with Crippen LogP contribution in [0.4, 0.5) is 0 Å². The van der Waals surface area contributed by atoms with E-state index < -0.39 is 0 Å². The highest BCUT2D eigenvalue weighted by molar-refractivity contribution is 5.27. The van der Waals surface area contributed by atoms with E-state index in [1.165, 1.54) is 31.2 Å². The van der Waals surface area contributed by atoms with Gasteiger partial charge in [0.15, 0.2) is 0 Å². The number of rotatable bonds is 6. The fourth-order valence-electron chi connectivity index (χ4n) is 2.88. The Labute approximate surface area is 109 Å². The van der Waals surface area contributed by atoms with Gasteiger partial charge in [-0.25, -0.2) is 0 Å². The maximum absolute atomic E-state index is 9.35. The van der Waals surface area contributed by atoms with Gasteiger partial charge in [0.05, 0.1) is 0 Å². The van der Waals surface area contributed by atoms with Crippen molar-refractivity contribution in [2.45, 2.75) is 45.1 Å². The van der Waals surface area contributed by atoms with E-state index in [9.17, 15) is 5.11 Å². The summed E-state index contributed by atoms with van der Waals surface area (Å²) in [6.07, 6.45) is 6.62. The molecule has 2 N–H and O–H groups in total. The first-order chi connectivity index (χ1) is 8.66. The summed E-state index contributed by atoms with van der Waals surface area (Å²) in [6, 6.07) is 8.52. The fourth-order valence-corrected chi connectivity index (χ4v) is 2.88. The summed E-state index contributed by atoms with van der Waals surface area (Å²) < 4.78 is 0. The maximum atomic E-state index is 9.35. The molecule has 1 unspecified atom stereocenters. The van der Waals surface area contributed by atoms with Crippen LogP contribution in [0.1, 0.15) is 38.2 Å². The zero-order valence-electron chi connectivity index (χ0n) is 11.2. The number of nitrogens with one attached hydrogen (secondary N) is 1. The van der Waals surface area contributed by atoms with Gasteiger partial charge in [-0.1, -0.05) is 19.1 Å². The van der Waals surface area contributed by atoms with Crippen LogP contribution in [-0.2, 0) is 6.42 Å². The van der Waals surface area contributed by atoms with Crippen molar-refractivity contribution in [3.8, 4) is 5.75 Å². The Morgan fingerprint density at radius 1 is 1.17 bits per heavy atom. The molecule has 0 heterocycles. The quantitative estimate of drug-likeness (QED) is 0.807. The van der Waals surface area contributed by atoms with Crippen LogP contribution in [0.3, 0.4) is 0 Å². The monoisotopic (exact) mass is 245 g/mol. The minimum Gasteiger partial charge on any atom is -0.508 e. The second-order valence-corrected chi connectivity index (χ2v) is 6.43. The number of hydrogen-bond acceptors (Lipinski definition) is 2. The van der Waals surface area contributed by atoms with Gasteiger partial charge in [0.1, 0.15) is 5.75 Å². The van der Waals surface area contributed by atoms with E-state index in [4.69, 9.17) is 0 Å². The zero-order valence-corrected chi connectivity index (χ0v) is 11.2. The average Bonchev–Trinajstić information content (AvgIpc) is 3.21. The Morgan fingerprint density at radius 2 is 1.83 bits per heavy atom. The lowest BCUT2D eigenvalue weighted by Gasteiger charge is -2.30. The molecule has 2 saturated carbocycles. The summed E-state index contributed by atoms with van der Waals surface area (Å²) >= 11 is 0. The molecule has 1 aromatic carbocycles. The molecule has 1 aromatic rings. The van der Waals surface area contributed by atoms with Gasteiger partial charge in [-0.05, 0) is 61.1 Å². The van der Waals surface area contributed by atoms with Crippen molar-refractivity contribution in [1.82, 2.24) is 5.32 Å². The van der Waals surface area contributed by atoms with Crippen molar-refractivity contribution >= 4 is 0 Å². The van der Waals surface area contributed by atoms with E-state index in [1.54, 1.807) is 12.1 Å². The van der Waals surface area contributed by atoms with Crippen molar-refractivity contribution in [3.63, 3.8) is 0 Å². The van der Waals surface area contributed by atoms with Gasteiger partial charge in [-0.2, -0.15) is 0 Å². The summed E-state index contributed by atoms with van der Waals surface area (Å²) in [5.74, 6) is 1.25. The van der Waals surface area contributed by atoms with E-state index in [2.05, 4.69) is 24.4 Å². The summed E-state index contributed by atoms with van der Waals surface area (Å²) in [7, 11) is 0. The molecule has 2 fully saturated rings. The smallest absolute Gasteiger partial charge is 0.115 e. The van der Waals surface area contributed by atoms with Crippen LogP contribution in [-0.4, -0.2) is 17.7 Å². The number of hydrogen-bond donors (Lipinski definition) is 2. The minimum atomic E-state index is 0.364. The van der Waals surface area contributed by atoms with E-state index >= 15 is 0 Å². The summed E-state index contributed by atoms with van der Waals surface area (Å²) in [6.45, 7) is 3.57. The van der Waals surface area contributed by atoms with Gasteiger partial charge in [-0.15, -0.1) is 0 Å². The first-order valence-electron chi connectivity index (χ1n) is 7.17. The molecule has 0 spiro atoms. The third-order valence-electron chi connectivity index (χ3n) is 4.48. The molecule has 0 aliphatic heterocycles. The van der Waals surface area contributed by atoms with Gasteiger partial charge < -0.3 is 10.4 Å². The van der Waals surface area contributed by atoms with Crippen molar-refractivity contribution < 1.29 is 5.11 Å². The molecule has 98 valence electrons. The van der Waals surface area contributed by atoms with Gasteiger partial charge in [-0.3, -0.25) is 0 Å². The van der Waals surface area contributed by atoms with Crippen LogP contribution < -0.4 is 5.32 Å². The second kappa shape index (κ2) is 4.58. The Morgan fingerprint density at radius 3 is 2.39 bits per heavy atom. The first kappa shape index (κ1) is 12.0. The highest BCUT2D eigenvalue weighted by Crippen LogP contribution is 2.47. The van der Waals surface area contributed by atoms with Gasteiger partial charge >= 0.3 is 0 Å². The molecule has 1 atom stereocenters. The van der Waals surface area contributed by atoms with Gasteiger partial charge in [0.2, 0.25) is 0 Å². The number of aromatic hydroxyl groups is 1. The summed E-state index contributed by atoms with van der Waals surface area (Å²) in [4.78, 5) is 0. The van der Waals surface area contributed by atoms with E-state index in [0.29, 0.717) is 11.2 Å². The normalized spacial score (nSPS) is 22.7. The van der Waals surface area contributed by atoms with E-state index in [1.807, 2.05) is 0 Å². The maximum Gasteiger partial charge on any atom is 0.115 e. The Kier molecular flexibility index (Phi) is 3.06. The zero-order chi connectivity index (χ0) is 12.6. The minimum absolute atomic E-state index is 0.364. The molecular weight excluding hydrogens is 222 g/mol. The molecule has 0 radical (unpaired) electrons. The molecule has 0 bridgehead atoms. The molecule has 0 amide bonds. The van der Waals surface area contributed by atoms with Gasteiger partial charge in [0.25, 0.3) is 0 Å². The predicted molar refractivity (Wildman–Crippen MR) is 73.7 cm³/mol. The fraction of sp³-hybridized carbons (Fsp3) is 0.625. The lowest BCUT2D eigenvalue weighted by atomic mass is 9.79. The van der Waals surface area contributed by atoms with Crippen molar-refractivity contribution in [2.24, 2.45) is 11.3 Å². The number of phenols is 1. The van der Waals surface area contributed by atoms with E-state index in [0.717, 1.165) is 24.9 Å². The molecule has 2 nitrogen and oxygen atoms in total. The Balaban J connectivity index is 1.66. The second-order valence-electron chi connectivity index (χ2n) is 6.43. The summed E-state index contributed by atoms with van der Waals surface area (Å²) in [5.41, 5.74) is 1.74. The summed E-state index contributed by atoms with van der Waals surface area (Å²) in [5, 5.41) is 13.0. The molecule has 0 aromatic heterocycles. The van der Waals surface area contributed by atoms with E-state index in [-0.39, 0.29) is 0 Å². The highest BCUT2D eigenvalue weighted by atomic mass is 16.3. The molecule has 0 saturated heterocycles. The van der Waals surface area contributed by atoms with Crippen LogP contribution in [0, 0.1) is 11.3 Å². The molecule has 2 aliphatic carbocycles. The largest absolute Gasteiger partial charge is 0.508 e. The Hall–Kier alpha value is -1.02. The van der Waals surface area contributed by atoms with Crippen molar-refractivity contribution in [3.05, 3.63) is 29.8 Å². The highest BCUT2D eigenvalue weighted by Gasteiger charge is 2.41. The molecule has 2 aliphatic rings. The van der Waals surface area contributed by atoms with Crippen molar-refractivity contribution in [1.29, 1.82) is 0 Å². The molecule has 2 heteroatoms. The van der Waals surface area contributed by atoms with Crippen LogP contribution >= 0.6 is 0 Å². The lowest BCUT2D eigenvalue weighted by molar-refractivity contribution is 0.254. The topological polar surface area (TPSA) is 32.3 Å². The number of benzene rings is 1. The average molecular weight is 245 g/mol. The first-order valence-corrected chi connectivity index (χ1v) is 7.17.